The fourth-order valence-electron chi connectivity index (χ4n) is 1.61. The molecule has 1 aromatic carbocycles. The summed E-state index contributed by atoms with van der Waals surface area (Å²) >= 11 is 3.01. The van der Waals surface area contributed by atoms with Crippen LogP contribution in [0.3, 0.4) is 0 Å². The Labute approximate surface area is 104 Å². The monoisotopic (exact) mass is 305 g/mol. The molecule has 0 aromatic heterocycles. The zero-order valence-corrected chi connectivity index (χ0v) is 10.2. The molecule has 3 N–H and O–H groups in total. The lowest BCUT2D eigenvalue weighted by Crippen LogP contribution is -2.22. The van der Waals surface area contributed by atoms with Crippen LogP contribution < -0.4 is 15.2 Å². The van der Waals surface area contributed by atoms with E-state index in [9.17, 15) is 9.18 Å². The lowest BCUT2D eigenvalue weighted by atomic mass is 9.98. The molecule has 0 aliphatic carbocycles. The Morgan fingerprint density at radius 2 is 2.35 bits per heavy atom. The van der Waals surface area contributed by atoms with Crippen molar-refractivity contribution in [2.24, 2.45) is 5.73 Å². The minimum Gasteiger partial charge on any atom is -0.481 e. The van der Waals surface area contributed by atoms with Crippen LogP contribution in [0, 0.1) is 5.82 Å². The fourth-order valence-corrected chi connectivity index (χ4v) is 2.15. The summed E-state index contributed by atoms with van der Waals surface area (Å²) in [5.41, 5.74) is 5.32. The van der Waals surface area contributed by atoms with Crippen molar-refractivity contribution in [3.8, 4) is 11.5 Å². The van der Waals surface area contributed by atoms with E-state index in [0.717, 1.165) is 0 Å². The first-order valence-electron chi connectivity index (χ1n) is 4.76. The molecular formula is C10H9BrFNO4. The number of benzene rings is 1. The van der Waals surface area contributed by atoms with E-state index in [1.165, 1.54) is 6.07 Å². The van der Waals surface area contributed by atoms with E-state index in [1.54, 1.807) is 0 Å². The smallest absolute Gasteiger partial charge is 0.312 e. The molecule has 17 heavy (non-hydrogen) atoms. The molecule has 0 radical (unpaired) electrons. The first kappa shape index (κ1) is 12.1. The Morgan fingerprint density at radius 3 is 2.94 bits per heavy atom. The summed E-state index contributed by atoms with van der Waals surface area (Å²) in [6, 6.07) is 1.31. The van der Waals surface area contributed by atoms with Crippen LogP contribution in [-0.2, 0) is 4.79 Å². The quantitative estimate of drug-likeness (QED) is 0.883. The third-order valence-corrected chi connectivity index (χ3v) is 3.19. The molecule has 1 atom stereocenters. The van der Waals surface area contributed by atoms with Crippen molar-refractivity contribution in [1.29, 1.82) is 0 Å². The van der Waals surface area contributed by atoms with Crippen LogP contribution in [0.1, 0.15) is 11.5 Å². The molecule has 7 heteroatoms. The maximum absolute atomic E-state index is 14.0. The van der Waals surface area contributed by atoms with E-state index in [2.05, 4.69) is 15.9 Å². The predicted molar refractivity (Wildman–Crippen MR) is 59.7 cm³/mol. The Morgan fingerprint density at radius 1 is 1.65 bits per heavy atom. The number of nitrogens with two attached hydrogens (primary N) is 1. The van der Waals surface area contributed by atoms with Gasteiger partial charge in [0.1, 0.15) is 5.82 Å². The average molecular weight is 306 g/mol. The summed E-state index contributed by atoms with van der Waals surface area (Å²) in [5, 5.41) is 8.96. The molecule has 1 heterocycles. The van der Waals surface area contributed by atoms with Crippen molar-refractivity contribution >= 4 is 21.9 Å². The molecule has 1 aliphatic rings. The maximum atomic E-state index is 14.0. The second-order valence-corrected chi connectivity index (χ2v) is 4.25. The largest absolute Gasteiger partial charge is 0.481 e. The van der Waals surface area contributed by atoms with Crippen LogP contribution in [0.15, 0.2) is 10.5 Å². The molecule has 0 spiro atoms. The van der Waals surface area contributed by atoms with Crippen molar-refractivity contribution in [2.75, 3.05) is 13.3 Å². The van der Waals surface area contributed by atoms with Gasteiger partial charge < -0.3 is 20.3 Å². The summed E-state index contributed by atoms with van der Waals surface area (Å²) < 4.78 is 24.2. The normalized spacial score (nSPS) is 14.8. The van der Waals surface area contributed by atoms with E-state index in [4.69, 9.17) is 20.3 Å². The predicted octanol–water partition coefficient (Wildman–Crippen LogP) is 1.44. The van der Waals surface area contributed by atoms with Gasteiger partial charge in [0.15, 0.2) is 11.5 Å². The van der Waals surface area contributed by atoms with Crippen LogP contribution >= 0.6 is 15.9 Å². The highest BCUT2D eigenvalue weighted by molar-refractivity contribution is 9.10. The van der Waals surface area contributed by atoms with Gasteiger partial charge in [-0.3, -0.25) is 4.79 Å². The van der Waals surface area contributed by atoms with Gasteiger partial charge >= 0.3 is 5.97 Å². The second-order valence-electron chi connectivity index (χ2n) is 3.45. The summed E-state index contributed by atoms with van der Waals surface area (Å²) in [4.78, 5) is 11.0. The van der Waals surface area contributed by atoms with Crippen LogP contribution in [-0.4, -0.2) is 24.4 Å². The maximum Gasteiger partial charge on any atom is 0.312 e. The Bertz CT molecular complexity index is 480. The van der Waals surface area contributed by atoms with Gasteiger partial charge in [0.25, 0.3) is 0 Å². The van der Waals surface area contributed by atoms with Crippen LogP contribution in [0.5, 0.6) is 11.5 Å². The minimum atomic E-state index is -1.18. The molecule has 0 bridgehead atoms. The second kappa shape index (κ2) is 4.50. The number of aliphatic carboxylic acids is 1. The molecular weight excluding hydrogens is 297 g/mol. The molecule has 0 saturated carbocycles. The van der Waals surface area contributed by atoms with E-state index >= 15 is 0 Å². The molecule has 0 amide bonds. The first-order chi connectivity index (χ1) is 8.06. The molecule has 0 saturated heterocycles. The van der Waals surface area contributed by atoms with Gasteiger partial charge in [0.2, 0.25) is 6.79 Å². The van der Waals surface area contributed by atoms with Gasteiger partial charge in [-0.1, -0.05) is 0 Å². The number of carboxylic acids is 1. The number of carboxylic acid groups (broad SMARTS) is 1. The number of hydrogen-bond donors (Lipinski definition) is 2. The number of fused-ring (bicyclic) bond motifs is 1. The zero-order chi connectivity index (χ0) is 12.6. The Kier molecular flexibility index (Phi) is 3.21. The summed E-state index contributed by atoms with van der Waals surface area (Å²) in [7, 11) is 0. The average Bonchev–Trinajstić information content (AvgIpc) is 2.73. The van der Waals surface area contributed by atoms with E-state index in [0.29, 0.717) is 5.75 Å². The van der Waals surface area contributed by atoms with Gasteiger partial charge in [-0.2, -0.15) is 0 Å². The summed E-state index contributed by atoms with van der Waals surface area (Å²) in [6.07, 6.45) is 0. The van der Waals surface area contributed by atoms with E-state index < -0.39 is 17.7 Å². The third-order valence-electron chi connectivity index (χ3n) is 2.48. The third kappa shape index (κ3) is 1.96. The van der Waals surface area contributed by atoms with Crippen molar-refractivity contribution in [3.05, 3.63) is 21.9 Å². The fraction of sp³-hybridized carbons (Fsp3) is 0.300. The highest BCUT2D eigenvalue weighted by atomic mass is 79.9. The van der Waals surface area contributed by atoms with Crippen molar-refractivity contribution in [3.63, 3.8) is 0 Å². The van der Waals surface area contributed by atoms with Gasteiger partial charge in [0, 0.05) is 12.1 Å². The van der Waals surface area contributed by atoms with Crippen LogP contribution in [0.2, 0.25) is 0 Å². The minimum absolute atomic E-state index is 0.0167. The van der Waals surface area contributed by atoms with Crippen LogP contribution in [0.25, 0.3) is 0 Å². The summed E-state index contributed by atoms with van der Waals surface area (Å²) in [6.45, 7) is -0.213. The zero-order valence-electron chi connectivity index (χ0n) is 8.57. The van der Waals surface area contributed by atoms with Gasteiger partial charge in [-0.05, 0) is 22.0 Å². The molecule has 1 aromatic rings. The van der Waals surface area contributed by atoms with Crippen molar-refractivity contribution in [1.82, 2.24) is 0 Å². The molecule has 1 unspecified atom stereocenters. The highest BCUT2D eigenvalue weighted by Crippen LogP contribution is 2.43. The highest BCUT2D eigenvalue weighted by Gasteiger charge is 2.29. The van der Waals surface area contributed by atoms with Gasteiger partial charge in [0.05, 0.1) is 10.4 Å². The van der Waals surface area contributed by atoms with Gasteiger partial charge in [-0.25, -0.2) is 4.39 Å². The summed E-state index contributed by atoms with van der Waals surface area (Å²) in [5.74, 6) is -2.43. The van der Waals surface area contributed by atoms with E-state index in [-0.39, 0.29) is 29.1 Å². The Balaban J connectivity index is 2.55. The van der Waals surface area contributed by atoms with Gasteiger partial charge in [-0.15, -0.1) is 0 Å². The number of halogens is 2. The van der Waals surface area contributed by atoms with Crippen molar-refractivity contribution in [2.45, 2.75) is 5.92 Å². The molecule has 5 nitrogen and oxygen atoms in total. The number of rotatable bonds is 3. The topological polar surface area (TPSA) is 81.8 Å². The molecule has 2 rings (SSSR count). The van der Waals surface area contributed by atoms with Crippen LogP contribution in [0.4, 0.5) is 4.39 Å². The molecule has 1 aliphatic heterocycles. The number of hydrogen-bond acceptors (Lipinski definition) is 4. The van der Waals surface area contributed by atoms with Crippen molar-refractivity contribution < 1.29 is 23.8 Å². The standard InChI is InChI=1S/C10H9BrFNO4/c11-7-8(12)4(5(2-13)10(14)15)1-6-9(7)17-3-16-6/h1,5H,2-3,13H2,(H,14,15). The molecule has 0 fully saturated rings. The SMILES string of the molecule is NCC(C(=O)O)c1cc2c(c(Br)c1F)OCO2. The van der Waals surface area contributed by atoms with E-state index in [1.807, 2.05) is 0 Å². The number of ether oxygens (including phenoxy) is 2. The molecule has 92 valence electrons. The lowest BCUT2D eigenvalue weighted by Gasteiger charge is -2.13. The first-order valence-corrected chi connectivity index (χ1v) is 5.56. The lowest BCUT2D eigenvalue weighted by molar-refractivity contribution is -0.138. The Hall–Kier alpha value is -1.34. The number of carbonyl (C=O) groups is 1.